The van der Waals surface area contributed by atoms with Gasteiger partial charge in [0.15, 0.2) is 0 Å². The summed E-state index contributed by atoms with van der Waals surface area (Å²) in [5, 5.41) is 5.98. The average Bonchev–Trinajstić information content (AvgIpc) is 2.54. The highest BCUT2D eigenvalue weighted by atomic mass is 35.5. The van der Waals surface area contributed by atoms with Crippen LogP contribution in [0.3, 0.4) is 0 Å². The zero-order valence-corrected chi connectivity index (χ0v) is 17.4. The number of carbonyl (C=O) groups excluding carboxylic acids is 3. The van der Waals surface area contributed by atoms with Crippen LogP contribution in [0.15, 0.2) is 24.3 Å². The van der Waals surface area contributed by atoms with Crippen LogP contribution in [-0.2, 0) is 14.4 Å². The maximum absolute atomic E-state index is 12.4. The topological polar surface area (TPSA) is 81.8 Å². The summed E-state index contributed by atoms with van der Waals surface area (Å²) in [6.07, 6.45) is 0. The van der Waals surface area contributed by atoms with E-state index in [1.165, 1.54) is 4.90 Å². The number of hydrogen-bond donors (Lipinski definition) is 2. The van der Waals surface area contributed by atoms with Crippen molar-refractivity contribution in [3.05, 3.63) is 29.3 Å². The molecule has 0 fully saturated rings. The average molecular weight is 397 g/mol. The predicted molar refractivity (Wildman–Crippen MR) is 108 cm³/mol. The molecule has 0 spiro atoms. The monoisotopic (exact) mass is 396 g/mol. The normalized spacial score (nSPS) is 11.2. The Morgan fingerprint density at radius 2 is 1.67 bits per heavy atom. The standard InChI is InChI=1S/C19H29ClN4O3/c1-6-24(12-17(26)22-19(2,3)4)13-18(27)23(5)11-16(25)21-15-10-8-7-9-14(15)20/h7-10H,6,11-13H2,1-5H3,(H,21,25)(H,22,26). The van der Waals surface area contributed by atoms with E-state index in [9.17, 15) is 14.4 Å². The molecule has 0 aliphatic rings. The molecule has 150 valence electrons. The van der Waals surface area contributed by atoms with Crippen LogP contribution in [-0.4, -0.2) is 66.3 Å². The third kappa shape index (κ3) is 8.88. The van der Waals surface area contributed by atoms with E-state index in [1.54, 1.807) is 36.2 Å². The summed E-state index contributed by atoms with van der Waals surface area (Å²) in [7, 11) is 1.55. The van der Waals surface area contributed by atoms with Crippen molar-refractivity contribution < 1.29 is 14.4 Å². The molecule has 0 aromatic heterocycles. The van der Waals surface area contributed by atoms with Gasteiger partial charge in [0.2, 0.25) is 17.7 Å². The SMILES string of the molecule is CCN(CC(=O)NC(C)(C)C)CC(=O)N(C)CC(=O)Nc1ccccc1Cl. The molecule has 7 nitrogen and oxygen atoms in total. The molecule has 0 unspecified atom stereocenters. The Bertz CT molecular complexity index is 673. The third-order valence-electron chi connectivity index (χ3n) is 3.64. The van der Waals surface area contributed by atoms with Gasteiger partial charge in [0.05, 0.1) is 30.3 Å². The van der Waals surface area contributed by atoms with Crippen LogP contribution in [0.5, 0.6) is 0 Å². The van der Waals surface area contributed by atoms with E-state index < -0.39 is 0 Å². The Hall–Kier alpha value is -2.12. The number of anilines is 1. The van der Waals surface area contributed by atoms with Crippen LogP contribution in [0.2, 0.25) is 5.02 Å². The molecule has 1 rings (SSSR count). The first-order chi connectivity index (χ1) is 12.5. The van der Waals surface area contributed by atoms with E-state index >= 15 is 0 Å². The van der Waals surface area contributed by atoms with Gasteiger partial charge in [-0.2, -0.15) is 0 Å². The quantitative estimate of drug-likeness (QED) is 0.703. The number of amides is 3. The van der Waals surface area contributed by atoms with Gasteiger partial charge in [0.1, 0.15) is 0 Å². The summed E-state index contributed by atoms with van der Waals surface area (Å²) in [4.78, 5) is 39.6. The summed E-state index contributed by atoms with van der Waals surface area (Å²) in [5.41, 5.74) is 0.174. The molecule has 1 aromatic carbocycles. The molecule has 0 saturated carbocycles. The van der Waals surface area contributed by atoms with Crippen molar-refractivity contribution in [2.45, 2.75) is 33.2 Å². The lowest BCUT2D eigenvalue weighted by Crippen LogP contribution is -2.48. The van der Waals surface area contributed by atoms with Crippen molar-refractivity contribution in [1.82, 2.24) is 15.1 Å². The Morgan fingerprint density at radius 1 is 1.04 bits per heavy atom. The fourth-order valence-electron chi connectivity index (χ4n) is 2.31. The summed E-state index contributed by atoms with van der Waals surface area (Å²) in [5.74, 6) is -0.724. The van der Waals surface area contributed by atoms with Gasteiger partial charge in [-0.3, -0.25) is 19.3 Å². The van der Waals surface area contributed by atoms with Crippen LogP contribution >= 0.6 is 11.6 Å². The Labute approximate surface area is 166 Å². The molecule has 2 N–H and O–H groups in total. The van der Waals surface area contributed by atoms with Crippen LogP contribution in [0.1, 0.15) is 27.7 Å². The largest absolute Gasteiger partial charge is 0.350 e. The molecule has 0 heterocycles. The van der Waals surface area contributed by atoms with Crippen molar-refractivity contribution in [1.29, 1.82) is 0 Å². The van der Waals surface area contributed by atoms with E-state index in [-0.39, 0.29) is 42.9 Å². The minimum absolute atomic E-state index is 0.0595. The number of nitrogens with zero attached hydrogens (tertiary/aromatic N) is 2. The lowest BCUT2D eigenvalue weighted by atomic mass is 10.1. The lowest BCUT2D eigenvalue weighted by molar-refractivity contribution is -0.135. The number of rotatable bonds is 8. The third-order valence-corrected chi connectivity index (χ3v) is 3.97. The van der Waals surface area contributed by atoms with Crippen molar-refractivity contribution >= 4 is 35.0 Å². The fourth-order valence-corrected chi connectivity index (χ4v) is 2.49. The lowest BCUT2D eigenvalue weighted by Gasteiger charge is -2.26. The minimum Gasteiger partial charge on any atom is -0.350 e. The number of benzene rings is 1. The maximum Gasteiger partial charge on any atom is 0.244 e. The first-order valence-electron chi connectivity index (χ1n) is 8.83. The van der Waals surface area contributed by atoms with Crippen molar-refractivity contribution in [2.24, 2.45) is 0 Å². The number of halogens is 1. The first kappa shape index (κ1) is 22.9. The second-order valence-electron chi connectivity index (χ2n) is 7.38. The molecule has 0 atom stereocenters. The smallest absolute Gasteiger partial charge is 0.244 e. The summed E-state index contributed by atoms with van der Waals surface area (Å²) < 4.78 is 0. The molecule has 1 aromatic rings. The van der Waals surface area contributed by atoms with Crippen LogP contribution in [0.4, 0.5) is 5.69 Å². The Balaban J connectivity index is 2.53. The fraction of sp³-hybridized carbons (Fsp3) is 0.526. The molecule has 27 heavy (non-hydrogen) atoms. The molecule has 8 heteroatoms. The number of carbonyl (C=O) groups is 3. The van der Waals surface area contributed by atoms with E-state index in [0.717, 1.165) is 0 Å². The summed E-state index contributed by atoms with van der Waals surface area (Å²) in [6, 6.07) is 6.89. The second kappa shape index (κ2) is 10.3. The van der Waals surface area contributed by atoms with E-state index in [2.05, 4.69) is 10.6 Å². The Kier molecular flexibility index (Phi) is 8.72. The van der Waals surface area contributed by atoms with Crippen LogP contribution in [0, 0.1) is 0 Å². The van der Waals surface area contributed by atoms with Crippen molar-refractivity contribution in [3.8, 4) is 0 Å². The highest BCUT2D eigenvalue weighted by Gasteiger charge is 2.20. The Morgan fingerprint density at radius 3 is 2.22 bits per heavy atom. The van der Waals surface area contributed by atoms with E-state index in [0.29, 0.717) is 17.3 Å². The van der Waals surface area contributed by atoms with Gasteiger partial charge in [-0.1, -0.05) is 30.7 Å². The van der Waals surface area contributed by atoms with Crippen LogP contribution in [0.25, 0.3) is 0 Å². The molecule has 0 saturated heterocycles. The zero-order valence-electron chi connectivity index (χ0n) is 16.6. The molecule has 0 aliphatic heterocycles. The summed E-state index contributed by atoms with van der Waals surface area (Å²) >= 11 is 6.01. The maximum atomic E-state index is 12.4. The first-order valence-corrected chi connectivity index (χ1v) is 9.21. The van der Waals surface area contributed by atoms with E-state index in [1.807, 2.05) is 27.7 Å². The van der Waals surface area contributed by atoms with Gasteiger partial charge < -0.3 is 15.5 Å². The number of para-hydroxylation sites is 1. The minimum atomic E-state index is -0.340. The second-order valence-corrected chi connectivity index (χ2v) is 7.79. The van der Waals surface area contributed by atoms with Gasteiger partial charge in [-0.25, -0.2) is 0 Å². The highest BCUT2D eigenvalue weighted by Crippen LogP contribution is 2.20. The van der Waals surface area contributed by atoms with Gasteiger partial charge in [0.25, 0.3) is 0 Å². The van der Waals surface area contributed by atoms with Gasteiger partial charge in [-0.05, 0) is 39.4 Å². The molecular formula is C19H29ClN4O3. The van der Waals surface area contributed by atoms with Gasteiger partial charge >= 0.3 is 0 Å². The summed E-state index contributed by atoms with van der Waals surface area (Å²) in [6.45, 7) is 8.21. The predicted octanol–water partition coefficient (Wildman–Crippen LogP) is 1.97. The van der Waals surface area contributed by atoms with Crippen molar-refractivity contribution in [3.63, 3.8) is 0 Å². The molecule has 0 radical (unpaired) electrons. The zero-order chi connectivity index (χ0) is 20.6. The number of hydrogen-bond acceptors (Lipinski definition) is 4. The molecule has 0 aliphatic carbocycles. The number of likely N-dealkylation sites (N-methyl/N-ethyl adjacent to an activating group) is 2. The van der Waals surface area contributed by atoms with Crippen molar-refractivity contribution in [2.75, 3.05) is 38.5 Å². The highest BCUT2D eigenvalue weighted by molar-refractivity contribution is 6.33. The molecule has 3 amide bonds. The number of nitrogens with one attached hydrogen (secondary N) is 2. The van der Waals surface area contributed by atoms with Gasteiger partial charge in [0, 0.05) is 12.6 Å². The van der Waals surface area contributed by atoms with Crippen LogP contribution < -0.4 is 10.6 Å². The van der Waals surface area contributed by atoms with Gasteiger partial charge in [-0.15, -0.1) is 0 Å². The molecular weight excluding hydrogens is 368 g/mol. The molecule has 0 bridgehead atoms. The van der Waals surface area contributed by atoms with E-state index in [4.69, 9.17) is 11.6 Å².